The van der Waals surface area contributed by atoms with Gasteiger partial charge in [0.1, 0.15) is 0 Å². The molecule has 2 aromatic rings. The second-order valence-corrected chi connectivity index (χ2v) is 7.39. The van der Waals surface area contributed by atoms with E-state index in [1.54, 1.807) is 10.6 Å². The van der Waals surface area contributed by atoms with Gasteiger partial charge in [0, 0.05) is 29.9 Å². The largest absolute Gasteiger partial charge is 0.349 e. The Kier molecular flexibility index (Phi) is 4.64. The summed E-state index contributed by atoms with van der Waals surface area (Å²) in [4.78, 5) is 28.0. The van der Waals surface area contributed by atoms with Gasteiger partial charge in [-0.05, 0) is 51.4 Å². The van der Waals surface area contributed by atoms with E-state index in [0.29, 0.717) is 12.1 Å². The summed E-state index contributed by atoms with van der Waals surface area (Å²) in [5.41, 5.74) is 3.25. The Hall–Kier alpha value is -2.40. The number of nitrogens with zero attached hydrogens (tertiary/aromatic N) is 2. The molecule has 0 unspecified atom stereocenters. The molecular weight excluding hydrogens is 326 g/mol. The van der Waals surface area contributed by atoms with Gasteiger partial charge in [-0.25, -0.2) is 0 Å². The van der Waals surface area contributed by atoms with Crippen LogP contribution in [0.4, 0.5) is 0 Å². The molecule has 2 aliphatic rings. The molecule has 0 saturated carbocycles. The number of benzene rings is 1. The summed E-state index contributed by atoms with van der Waals surface area (Å²) in [6.07, 6.45) is 3.64. The van der Waals surface area contributed by atoms with Crippen LogP contribution < -0.4 is 10.9 Å². The fourth-order valence-corrected chi connectivity index (χ4v) is 4.12. The minimum atomic E-state index is -0.0379. The number of carbonyl (C=O) groups is 1. The minimum Gasteiger partial charge on any atom is -0.349 e. The van der Waals surface area contributed by atoms with E-state index < -0.39 is 0 Å². The highest BCUT2D eigenvalue weighted by Gasteiger charge is 2.27. The summed E-state index contributed by atoms with van der Waals surface area (Å²) in [6, 6.07) is 11.6. The van der Waals surface area contributed by atoms with Crippen LogP contribution >= 0.6 is 0 Å². The topological polar surface area (TPSA) is 54.3 Å². The van der Waals surface area contributed by atoms with Crippen LogP contribution in [0.3, 0.4) is 0 Å². The maximum atomic E-state index is 13.2. The highest BCUT2D eigenvalue weighted by atomic mass is 16.2. The summed E-state index contributed by atoms with van der Waals surface area (Å²) in [5, 5.41) is 3.23. The smallest absolute Gasteiger partial charge is 0.253 e. The average Bonchev–Trinajstić information content (AvgIpc) is 3.14. The Labute approximate surface area is 153 Å². The van der Waals surface area contributed by atoms with Crippen LogP contribution in [0.15, 0.2) is 41.2 Å². The fraction of sp³-hybridized carbons (Fsp3) is 0.429. The van der Waals surface area contributed by atoms with Gasteiger partial charge in [-0.1, -0.05) is 30.3 Å². The molecule has 1 N–H and O–H groups in total. The summed E-state index contributed by atoms with van der Waals surface area (Å²) in [7, 11) is 2.11. The van der Waals surface area contributed by atoms with E-state index in [0.717, 1.165) is 55.6 Å². The molecule has 1 amide bonds. The summed E-state index contributed by atoms with van der Waals surface area (Å²) in [6.45, 7) is 2.71. The first-order valence-electron chi connectivity index (χ1n) is 9.45. The van der Waals surface area contributed by atoms with Gasteiger partial charge in [-0.2, -0.15) is 0 Å². The Morgan fingerprint density at radius 1 is 1.12 bits per heavy atom. The molecule has 0 radical (unpaired) electrons. The van der Waals surface area contributed by atoms with Crippen molar-refractivity contribution in [2.24, 2.45) is 0 Å². The van der Waals surface area contributed by atoms with Crippen molar-refractivity contribution in [3.63, 3.8) is 0 Å². The zero-order valence-corrected chi connectivity index (χ0v) is 15.2. The van der Waals surface area contributed by atoms with Crippen molar-refractivity contribution in [1.29, 1.82) is 0 Å². The van der Waals surface area contributed by atoms with Crippen LogP contribution in [0.2, 0.25) is 0 Å². The molecule has 0 aliphatic carbocycles. The summed E-state index contributed by atoms with van der Waals surface area (Å²) >= 11 is 0. The van der Waals surface area contributed by atoms with Gasteiger partial charge < -0.3 is 14.8 Å². The molecule has 26 heavy (non-hydrogen) atoms. The molecule has 0 spiro atoms. The number of likely N-dealkylation sites (tertiary alicyclic amines) is 1. The number of pyridine rings is 1. The number of nitrogens with one attached hydrogen (secondary N) is 1. The number of aromatic nitrogens is 1. The Bertz CT molecular complexity index is 865. The Balaban J connectivity index is 1.73. The number of carbonyl (C=O) groups excluding carboxylic acids is 1. The molecule has 5 heteroatoms. The lowest BCUT2D eigenvalue weighted by molar-refractivity contribution is 0.0916. The lowest BCUT2D eigenvalue weighted by atomic mass is 9.96. The van der Waals surface area contributed by atoms with E-state index in [1.165, 1.54) is 0 Å². The van der Waals surface area contributed by atoms with Gasteiger partial charge in [-0.3, -0.25) is 9.59 Å². The van der Waals surface area contributed by atoms with E-state index >= 15 is 0 Å². The highest BCUT2D eigenvalue weighted by molar-refractivity contribution is 6.02. The Morgan fingerprint density at radius 2 is 1.85 bits per heavy atom. The van der Waals surface area contributed by atoms with E-state index in [9.17, 15) is 9.59 Å². The van der Waals surface area contributed by atoms with Crippen LogP contribution in [0.1, 0.15) is 35.3 Å². The lowest BCUT2D eigenvalue weighted by Crippen LogP contribution is -2.44. The SMILES string of the molecule is CN1CCC(NC(=O)c2c(-c3ccccc3)cc(=O)n3c2CCC3)CC1. The number of rotatable bonds is 3. The third kappa shape index (κ3) is 3.19. The maximum absolute atomic E-state index is 13.2. The molecule has 0 atom stereocenters. The van der Waals surface area contributed by atoms with Gasteiger partial charge in [0.25, 0.3) is 11.5 Å². The standard InChI is InChI=1S/C21H25N3O2/c1-23-12-9-16(10-13-23)22-21(26)20-17(15-6-3-2-4-7-15)14-19(25)24-11-5-8-18(20)24/h2-4,6-7,14,16H,5,8-13H2,1H3,(H,22,26). The summed E-state index contributed by atoms with van der Waals surface area (Å²) < 4.78 is 1.77. The lowest BCUT2D eigenvalue weighted by Gasteiger charge is -2.30. The van der Waals surface area contributed by atoms with Gasteiger partial charge in [0.2, 0.25) is 0 Å². The fourth-order valence-electron chi connectivity index (χ4n) is 4.12. The maximum Gasteiger partial charge on any atom is 0.253 e. The van der Waals surface area contributed by atoms with Crippen LogP contribution in [-0.4, -0.2) is 41.6 Å². The second kappa shape index (κ2) is 7.08. The molecule has 2 aliphatic heterocycles. The molecule has 1 saturated heterocycles. The molecular formula is C21H25N3O2. The van der Waals surface area contributed by atoms with E-state index in [4.69, 9.17) is 0 Å². The van der Waals surface area contributed by atoms with Gasteiger partial charge in [-0.15, -0.1) is 0 Å². The van der Waals surface area contributed by atoms with Crippen molar-refractivity contribution in [1.82, 2.24) is 14.8 Å². The number of piperidine rings is 1. The third-order valence-electron chi connectivity index (χ3n) is 5.58. The van der Waals surface area contributed by atoms with Crippen molar-refractivity contribution < 1.29 is 4.79 Å². The number of amides is 1. The first kappa shape index (κ1) is 17.0. The van der Waals surface area contributed by atoms with Gasteiger partial charge in [0.05, 0.1) is 5.56 Å². The second-order valence-electron chi connectivity index (χ2n) is 7.39. The molecule has 4 rings (SSSR count). The van der Waals surface area contributed by atoms with Crippen LogP contribution in [-0.2, 0) is 13.0 Å². The minimum absolute atomic E-state index is 0.00723. The van der Waals surface area contributed by atoms with Crippen molar-refractivity contribution in [2.45, 2.75) is 38.3 Å². The van der Waals surface area contributed by atoms with Gasteiger partial charge in [0.15, 0.2) is 0 Å². The zero-order valence-electron chi connectivity index (χ0n) is 15.2. The molecule has 5 nitrogen and oxygen atoms in total. The van der Waals surface area contributed by atoms with Crippen LogP contribution in [0.25, 0.3) is 11.1 Å². The summed E-state index contributed by atoms with van der Waals surface area (Å²) in [5.74, 6) is -0.0379. The van der Waals surface area contributed by atoms with E-state index in [1.807, 2.05) is 30.3 Å². The van der Waals surface area contributed by atoms with E-state index in [2.05, 4.69) is 17.3 Å². The first-order valence-corrected chi connectivity index (χ1v) is 9.45. The van der Waals surface area contributed by atoms with Crippen molar-refractivity contribution in [3.8, 4) is 11.1 Å². The van der Waals surface area contributed by atoms with Gasteiger partial charge >= 0.3 is 0 Å². The Morgan fingerprint density at radius 3 is 2.58 bits per heavy atom. The molecule has 136 valence electrons. The predicted molar refractivity (Wildman–Crippen MR) is 102 cm³/mol. The van der Waals surface area contributed by atoms with Crippen molar-refractivity contribution >= 4 is 5.91 Å². The number of hydrogen-bond acceptors (Lipinski definition) is 3. The first-order chi connectivity index (χ1) is 12.6. The van der Waals surface area contributed by atoms with Crippen LogP contribution in [0.5, 0.6) is 0 Å². The molecule has 1 fully saturated rings. The number of fused-ring (bicyclic) bond motifs is 1. The monoisotopic (exact) mass is 351 g/mol. The molecule has 3 heterocycles. The normalized spacial score (nSPS) is 17.9. The van der Waals surface area contributed by atoms with E-state index in [-0.39, 0.29) is 17.5 Å². The third-order valence-corrected chi connectivity index (χ3v) is 5.58. The molecule has 0 bridgehead atoms. The molecule has 1 aromatic carbocycles. The highest BCUT2D eigenvalue weighted by Crippen LogP contribution is 2.28. The van der Waals surface area contributed by atoms with Crippen molar-refractivity contribution in [3.05, 3.63) is 58.0 Å². The van der Waals surface area contributed by atoms with Crippen LogP contribution in [0, 0.1) is 0 Å². The quantitative estimate of drug-likeness (QED) is 0.923. The predicted octanol–water partition coefficient (Wildman–Crippen LogP) is 2.29. The molecule has 1 aromatic heterocycles. The number of hydrogen-bond donors (Lipinski definition) is 1. The zero-order chi connectivity index (χ0) is 18.1. The average molecular weight is 351 g/mol. The van der Waals surface area contributed by atoms with Crippen molar-refractivity contribution in [2.75, 3.05) is 20.1 Å².